The second kappa shape index (κ2) is 7.20. The van der Waals surface area contributed by atoms with E-state index in [1.165, 1.54) is 6.08 Å². The van der Waals surface area contributed by atoms with Crippen molar-refractivity contribution in [3.8, 4) is 0 Å². The van der Waals surface area contributed by atoms with Crippen LogP contribution >= 0.6 is 0 Å². The van der Waals surface area contributed by atoms with Gasteiger partial charge < -0.3 is 0 Å². The van der Waals surface area contributed by atoms with Gasteiger partial charge in [0.2, 0.25) is 0 Å². The summed E-state index contributed by atoms with van der Waals surface area (Å²) in [7, 11) is -6.01. The summed E-state index contributed by atoms with van der Waals surface area (Å²) in [6.45, 7) is -3.11. The van der Waals surface area contributed by atoms with E-state index in [2.05, 4.69) is 0 Å². The third kappa shape index (κ3) is 5.79. The van der Waals surface area contributed by atoms with Gasteiger partial charge in [-0.1, -0.05) is 31.4 Å². The van der Waals surface area contributed by atoms with Crippen molar-refractivity contribution in [1.82, 2.24) is 4.31 Å². The molecule has 0 unspecified atom stereocenters. The molecule has 1 saturated carbocycles. The van der Waals surface area contributed by atoms with Crippen LogP contribution < -0.4 is 0 Å². The van der Waals surface area contributed by atoms with Gasteiger partial charge in [0.25, 0.3) is 0 Å². The number of sulfonamides is 1. The van der Waals surface area contributed by atoms with E-state index in [4.69, 9.17) is 0 Å². The van der Waals surface area contributed by atoms with Crippen LogP contribution in [0, 0.1) is 5.92 Å². The third-order valence-corrected chi connectivity index (χ3v) is 4.90. The average molecular weight is 353 g/mol. The summed E-state index contributed by atoms with van der Waals surface area (Å²) in [5, 5.41) is 0. The molecule has 0 aliphatic heterocycles. The predicted molar refractivity (Wildman–Crippen MR) is 68.3 cm³/mol. The molecule has 0 saturated heterocycles. The summed E-state index contributed by atoms with van der Waals surface area (Å²) < 4.78 is 96.0. The smallest absolute Gasteiger partial charge is 0.203 e. The Balaban J connectivity index is 2.80. The van der Waals surface area contributed by atoms with Crippen LogP contribution in [0.2, 0.25) is 0 Å². The van der Waals surface area contributed by atoms with Gasteiger partial charge in [-0.05, 0) is 18.8 Å². The molecule has 0 spiro atoms. The summed E-state index contributed by atoms with van der Waals surface area (Å²) in [4.78, 5) is 0. The lowest BCUT2D eigenvalue weighted by atomic mass is 9.89. The molecule has 130 valence electrons. The van der Waals surface area contributed by atoms with Crippen LogP contribution in [0.1, 0.15) is 32.1 Å². The molecule has 0 radical (unpaired) electrons. The first kappa shape index (κ1) is 19.3. The highest BCUT2D eigenvalue weighted by Crippen LogP contribution is 2.30. The normalized spacial score (nSPS) is 19.2. The van der Waals surface area contributed by atoms with Gasteiger partial charge in [-0.3, -0.25) is 0 Å². The molecule has 1 fully saturated rings. The lowest BCUT2D eigenvalue weighted by molar-refractivity contribution is -0.137. The Bertz CT molecular complexity index is 477. The topological polar surface area (TPSA) is 37.4 Å². The largest absolute Gasteiger partial charge is 0.511 e. The van der Waals surface area contributed by atoms with E-state index < -0.39 is 39.1 Å². The van der Waals surface area contributed by atoms with Gasteiger partial charge in [-0.15, -0.1) is 0 Å². The highest BCUT2D eigenvalue weighted by Gasteiger charge is 2.52. The van der Waals surface area contributed by atoms with Crippen LogP contribution in [0.15, 0.2) is 12.2 Å². The molecule has 0 bridgehead atoms. The number of alkyl halides is 6. The number of hydrogen-bond acceptors (Lipinski definition) is 2. The maximum atomic E-state index is 12.4. The maximum Gasteiger partial charge on any atom is 0.511 e. The molecule has 1 aliphatic rings. The van der Waals surface area contributed by atoms with E-state index in [1.807, 2.05) is 0 Å². The van der Waals surface area contributed by atoms with E-state index in [0.29, 0.717) is 0 Å². The molecular formula is C12H17F6NO2S. The van der Waals surface area contributed by atoms with Crippen LogP contribution in [-0.2, 0) is 10.0 Å². The summed E-state index contributed by atoms with van der Waals surface area (Å²) in [6, 6.07) is 0. The first-order valence-corrected chi connectivity index (χ1v) is 8.17. The van der Waals surface area contributed by atoms with E-state index in [-0.39, 0.29) is 5.92 Å². The molecular weight excluding hydrogens is 336 g/mol. The molecule has 0 atom stereocenters. The molecule has 1 aliphatic carbocycles. The fraction of sp³-hybridized carbons (Fsp3) is 0.833. The first-order chi connectivity index (χ1) is 9.93. The Morgan fingerprint density at radius 2 is 1.55 bits per heavy atom. The number of rotatable bonds is 5. The molecule has 1 rings (SSSR count). The Morgan fingerprint density at radius 1 is 1.00 bits per heavy atom. The molecule has 22 heavy (non-hydrogen) atoms. The molecule has 0 aromatic rings. The molecule has 0 aromatic heterocycles. The van der Waals surface area contributed by atoms with Gasteiger partial charge in [0, 0.05) is 6.54 Å². The van der Waals surface area contributed by atoms with Gasteiger partial charge in [0.05, 0.1) is 0 Å². The molecule has 0 amide bonds. The number of halogens is 6. The highest BCUT2D eigenvalue weighted by atomic mass is 32.2. The summed E-state index contributed by atoms with van der Waals surface area (Å²) in [6.07, 6.45) is 2.09. The minimum atomic E-state index is -6.01. The van der Waals surface area contributed by atoms with Crippen molar-refractivity contribution < 1.29 is 34.8 Å². The Kier molecular flexibility index (Phi) is 6.31. The zero-order valence-corrected chi connectivity index (χ0v) is 12.4. The second-order valence-electron chi connectivity index (χ2n) is 5.18. The number of nitrogens with zero attached hydrogens (tertiary/aromatic N) is 1. The van der Waals surface area contributed by atoms with Gasteiger partial charge in [0.15, 0.2) is 0 Å². The average Bonchev–Trinajstić information content (AvgIpc) is 2.36. The van der Waals surface area contributed by atoms with E-state index in [0.717, 1.165) is 38.2 Å². The molecule has 3 nitrogen and oxygen atoms in total. The molecule has 0 N–H and O–H groups in total. The zero-order chi connectivity index (χ0) is 17.0. The SMILES string of the molecule is O=S(=O)(N(C/C=C/C1CCCCC1)CC(F)(F)F)C(F)(F)F. The van der Waals surface area contributed by atoms with Crippen LogP contribution in [0.4, 0.5) is 26.3 Å². The maximum absolute atomic E-state index is 12.4. The van der Waals surface area contributed by atoms with Crippen molar-refractivity contribution in [2.75, 3.05) is 13.1 Å². The van der Waals surface area contributed by atoms with Gasteiger partial charge in [-0.25, -0.2) is 8.42 Å². The van der Waals surface area contributed by atoms with E-state index in [1.54, 1.807) is 0 Å². The third-order valence-electron chi connectivity index (χ3n) is 3.36. The lowest BCUT2D eigenvalue weighted by Gasteiger charge is -2.23. The van der Waals surface area contributed by atoms with Crippen molar-refractivity contribution in [1.29, 1.82) is 0 Å². The van der Waals surface area contributed by atoms with Crippen LogP contribution in [0.5, 0.6) is 0 Å². The zero-order valence-electron chi connectivity index (χ0n) is 11.6. The molecule has 0 aromatic carbocycles. The van der Waals surface area contributed by atoms with E-state index >= 15 is 0 Å². The van der Waals surface area contributed by atoms with Crippen molar-refractivity contribution in [3.05, 3.63) is 12.2 Å². The highest BCUT2D eigenvalue weighted by molar-refractivity contribution is 7.90. The van der Waals surface area contributed by atoms with Gasteiger partial charge in [0.1, 0.15) is 6.54 Å². The molecule has 0 heterocycles. The number of hydrogen-bond donors (Lipinski definition) is 0. The Morgan fingerprint density at radius 3 is 2.00 bits per heavy atom. The van der Waals surface area contributed by atoms with Gasteiger partial charge >= 0.3 is 21.7 Å². The fourth-order valence-corrected chi connectivity index (χ4v) is 3.18. The summed E-state index contributed by atoms with van der Waals surface area (Å²) in [5.41, 5.74) is -5.75. The lowest BCUT2D eigenvalue weighted by Crippen LogP contribution is -2.45. The monoisotopic (exact) mass is 353 g/mol. The second-order valence-corrected chi connectivity index (χ2v) is 7.11. The standard InChI is InChI=1S/C12H17F6NO2S/c13-11(14,15)9-19(22(20,21)12(16,17)18)8-4-7-10-5-2-1-3-6-10/h4,7,10H,1-3,5-6,8-9H2/b7-4+. The summed E-state index contributed by atoms with van der Waals surface area (Å²) in [5.74, 6) is 0.0788. The van der Waals surface area contributed by atoms with Crippen molar-refractivity contribution in [2.24, 2.45) is 5.92 Å². The summed E-state index contributed by atoms with van der Waals surface area (Å²) >= 11 is 0. The Hall–Kier alpha value is -0.770. The predicted octanol–water partition coefficient (Wildman–Crippen LogP) is 3.84. The quantitative estimate of drug-likeness (QED) is 0.556. The molecule has 10 heteroatoms. The van der Waals surface area contributed by atoms with Crippen molar-refractivity contribution in [3.63, 3.8) is 0 Å². The number of allylic oxidation sites excluding steroid dienone is 1. The van der Waals surface area contributed by atoms with E-state index in [9.17, 15) is 34.8 Å². The van der Waals surface area contributed by atoms with Crippen LogP contribution in [-0.4, -0.2) is 37.5 Å². The van der Waals surface area contributed by atoms with Gasteiger partial charge in [-0.2, -0.15) is 30.6 Å². The minimum absolute atomic E-state index is 0.0788. The Labute approximate surface area is 125 Å². The fourth-order valence-electron chi connectivity index (χ4n) is 2.29. The van der Waals surface area contributed by atoms with Crippen molar-refractivity contribution in [2.45, 2.75) is 43.8 Å². The minimum Gasteiger partial charge on any atom is -0.203 e. The first-order valence-electron chi connectivity index (χ1n) is 6.73. The van der Waals surface area contributed by atoms with Crippen molar-refractivity contribution >= 4 is 10.0 Å². The van der Waals surface area contributed by atoms with Crippen LogP contribution in [0.25, 0.3) is 0 Å². The van der Waals surface area contributed by atoms with Crippen LogP contribution in [0.3, 0.4) is 0 Å².